The van der Waals surface area contributed by atoms with E-state index in [0.29, 0.717) is 25.2 Å². The van der Waals surface area contributed by atoms with Crippen molar-refractivity contribution in [2.45, 2.75) is 44.4 Å². The molecule has 1 saturated heterocycles. The van der Waals surface area contributed by atoms with Gasteiger partial charge in [0, 0.05) is 25.2 Å². The minimum Gasteiger partial charge on any atom is -0.388 e. The number of nitrogens with zero attached hydrogens (tertiary/aromatic N) is 6. The lowest BCUT2D eigenvalue weighted by molar-refractivity contribution is -0.384. The highest BCUT2D eigenvalue weighted by atomic mass is 16.6. The van der Waals surface area contributed by atoms with Crippen LogP contribution in [0.5, 0.6) is 0 Å². The van der Waals surface area contributed by atoms with E-state index in [4.69, 9.17) is 4.74 Å². The van der Waals surface area contributed by atoms with Gasteiger partial charge in [-0.1, -0.05) is 6.07 Å². The number of carbonyl (C=O) groups is 1. The number of non-ortho nitro benzene ring substituents is 1. The van der Waals surface area contributed by atoms with Crippen molar-refractivity contribution in [3.05, 3.63) is 57.8 Å². The molecule has 5 rings (SSSR count). The topological polar surface area (TPSA) is 157 Å². The van der Waals surface area contributed by atoms with E-state index in [-0.39, 0.29) is 22.8 Å². The van der Waals surface area contributed by atoms with Crippen LogP contribution in [-0.2, 0) is 17.7 Å². The quantitative estimate of drug-likeness (QED) is 0.439. The van der Waals surface area contributed by atoms with Crippen LogP contribution in [0.1, 0.15) is 34.8 Å². The van der Waals surface area contributed by atoms with Gasteiger partial charge in [-0.25, -0.2) is 15.0 Å². The molecule has 3 aromatic rings. The maximum absolute atomic E-state index is 13.3. The third-order valence-electron chi connectivity index (χ3n) is 6.01. The van der Waals surface area contributed by atoms with E-state index in [1.807, 2.05) is 0 Å². The Kier molecular flexibility index (Phi) is 4.84. The van der Waals surface area contributed by atoms with Crippen LogP contribution in [0.4, 0.5) is 5.69 Å². The van der Waals surface area contributed by atoms with Crippen LogP contribution in [-0.4, -0.2) is 70.3 Å². The fourth-order valence-electron chi connectivity index (χ4n) is 4.23. The molecular formula is C20H20N6O6. The maximum atomic E-state index is 13.3. The number of ether oxygens (including phenoxy) is 1. The van der Waals surface area contributed by atoms with Crippen molar-refractivity contribution < 1.29 is 24.7 Å². The molecule has 4 heterocycles. The average Bonchev–Trinajstić information content (AvgIpc) is 3.34. The summed E-state index contributed by atoms with van der Waals surface area (Å²) in [7, 11) is 0. The van der Waals surface area contributed by atoms with E-state index in [2.05, 4.69) is 15.0 Å². The van der Waals surface area contributed by atoms with E-state index in [1.165, 1.54) is 23.3 Å². The molecule has 1 amide bonds. The van der Waals surface area contributed by atoms with Gasteiger partial charge in [0.1, 0.15) is 24.1 Å². The van der Waals surface area contributed by atoms with Crippen molar-refractivity contribution in [3.8, 4) is 0 Å². The Morgan fingerprint density at radius 1 is 1.22 bits per heavy atom. The number of carbonyl (C=O) groups excluding carboxylic acids is 1. The van der Waals surface area contributed by atoms with E-state index in [9.17, 15) is 25.1 Å². The number of nitro benzene ring substituents is 1. The van der Waals surface area contributed by atoms with Crippen molar-refractivity contribution in [1.29, 1.82) is 0 Å². The lowest BCUT2D eigenvalue weighted by Gasteiger charge is -2.28. The Morgan fingerprint density at radius 3 is 2.75 bits per heavy atom. The van der Waals surface area contributed by atoms with Crippen LogP contribution < -0.4 is 0 Å². The number of rotatable bonds is 3. The lowest BCUT2D eigenvalue weighted by Crippen LogP contribution is -2.36. The number of fused-ring (bicyclic) bond motifs is 2. The number of nitro groups is 1. The summed E-state index contributed by atoms with van der Waals surface area (Å²) in [6, 6.07) is 4.65. The molecule has 1 fully saturated rings. The summed E-state index contributed by atoms with van der Waals surface area (Å²) in [5.41, 5.74) is 2.40. The number of amides is 1. The molecule has 166 valence electrons. The molecule has 0 saturated carbocycles. The van der Waals surface area contributed by atoms with Gasteiger partial charge in [0.15, 0.2) is 17.6 Å². The number of hydrogen-bond acceptors (Lipinski definition) is 9. The summed E-state index contributed by atoms with van der Waals surface area (Å²) >= 11 is 0. The second kappa shape index (κ2) is 7.58. The minimum absolute atomic E-state index is 0.0299. The van der Waals surface area contributed by atoms with Gasteiger partial charge >= 0.3 is 0 Å². The third kappa shape index (κ3) is 3.20. The zero-order chi connectivity index (χ0) is 22.6. The Labute approximate surface area is 181 Å². The average molecular weight is 440 g/mol. The highest BCUT2D eigenvalue weighted by molar-refractivity contribution is 6.02. The molecule has 1 aromatic carbocycles. The van der Waals surface area contributed by atoms with Gasteiger partial charge in [0.05, 0.1) is 17.4 Å². The van der Waals surface area contributed by atoms with E-state index in [1.54, 1.807) is 24.0 Å². The molecule has 32 heavy (non-hydrogen) atoms. The number of aliphatic hydroxyl groups excluding tert-OH is 2. The van der Waals surface area contributed by atoms with Crippen LogP contribution >= 0.6 is 0 Å². The third-order valence-corrected chi connectivity index (χ3v) is 6.01. The summed E-state index contributed by atoms with van der Waals surface area (Å²) in [4.78, 5) is 38.1. The van der Waals surface area contributed by atoms with Crippen molar-refractivity contribution >= 4 is 22.8 Å². The van der Waals surface area contributed by atoms with E-state index >= 15 is 0 Å². The molecule has 2 aliphatic rings. The monoisotopic (exact) mass is 440 g/mol. The van der Waals surface area contributed by atoms with Gasteiger partial charge in [0.25, 0.3) is 11.6 Å². The Hall–Kier alpha value is -3.48. The highest BCUT2D eigenvalue weighted by Gasteiger charge is 2.42. The number of aromatic nitrogens is 4. The van der Waals surface area contributed by atoms with Crippen LogP contribution in [0.3, 0.4) is 0 Å². The molecule has 0 spiro atoms. The molecule has 12 nitrogen and oxygen atoms in total. The second-order valence-electron chi connectivity index (χ2n) is 7.95. The second-order valence-corrected chi connectivity index (χ2v) is 7.95. The smallest absolute Gasteiger partial charge is 0.275 e. The van der Waals surface area contributed by atoms with Crippen molar-refractivity contribution in [1.82, 2.24) is 24.4 Å². The molecule has 0 radical (unpaired) electrons. The molecule has 2 N–H and O–H groups in total. The van der Waals surface area contributed by atoms with Crippen LogP contribution in [0.15, 0.2) is 30.9 Å². The SMILES string of the molecule is C[C@H]1O[C@@H](n2cnc3c(C(=O)N4CCc5cc([N+](=O)[O-])ccc5C4)ncnc32)[C@H](O)[C@@H]1O. The fraction of sp³-hybridized carbons (Fsp3) is 0.400. The highest BCUT2D eigenvalue weighted by Crippen LogP contribution is 2.32. The first-order valence-corrected chi connectivity index (χ1v) is 10.1. The number of hydrogen-bond donors (Lipinski definition) is 2. The predicted octanol–water partition coefficient (Wildman–Crippen LogP) is 0.572. The molecule has 0 unspecified atom stereocenters. The molecule has 0 aliphatic carbocycles. The standard InChI is InChI=1S/C20H20N6O6/c1-10-16(27)17(28)20(32-10)25-9-23-14-15(21-8-22-18(14)25)19(29)24-5-4-11-6-13(26(30)31)3-2-12(11)7-24/h2-3,6,8-10,16-17,20,27-28H,4-5,7H2,1H3/t10-,16-,17-,20-/m1/s1. The van der Waals surface area contributed by atoms with Gasteiger partial charge < -0.3 is 19.8 Å². The van der Waals surface area contributed by atoms with Crippen molar-refractivity contribution in [3.63, 3.8) is 0 Å². The summed E-state index contributed by atoms with van der Waals surface area (Å²) < 4.78 is 7.12. The lowest BCUT2D eigenvalue weighted by atomic mass is 9.99. The molecule has 12 heteroatoms. The van der Waals surface area contributed by atoms with Crippen LogP contribution in [0.25, 0.3) is 11.2 Å². The van der Waals surface area contributed by atoms with Crippen molar-refractivity contribution in [2.75, 3.05) is 6.54 Å². The summed E-state index contributed by atoms with van der Waals surface area (Å²) in [5.74, 6) is -0.340. The normalized spacial score (nSPS) is 25.2. The molecule has 0 bridgehead atoms. The van der Waals surface area contributed by atoms with Crippen LogP contribution in [0.2, 0.25) is 0 Å². The molecule has 2 aliphatic heterocycles. The largest absolute Gasteiger partial charge is 0.388 e. The Bertz CT molecular complexity index is 1230. The summed E-state index contributed by atoms with van der Waals surface area (Å²) in [6.07, 6.45) is -0.539. The van der Waals surface area contributed by atoms with Crippen LogP contribution in [0, 0.1) is 10.1 Å². The van der Waals surface area contributed by atoms with Gasteiger partial charge in [-0.05, 0) is 24.5 Å². The first-order chi connectivity index (χ1) is 15.3. The van der Waals surface area contributed by atoms with Gasteiger partial charge in [-0.3, -0.25) is 19.5 Å². The minimum atomic E-state index is -1.17. The molecule has 2 aromatic heterocycles. The summed E-state index contributed by atoms with van der Waals surface area (Å²) in [6.45, 7) is 2.33. The fourth-order valence-corrected chi connectivity index (χ4v) is 4.23. The maximum Gasteiger partial charge on any atom is 0.275 e. The summed E-state index contributed by atoms with van der Waals surface area (Å²) in [5, 5.41) is 31.3. The molecular weight excluding hydrogens is 420 g/mol. The van der Waals surface area contributed by atoms with Gasteiger partial charge in [0.2, 0.25) is 0 Å². The first kappa shape index (κ1) is 20.4. The first-order valence-electron chi connectivity index (χ1n) is 10.1. The predicted molar refractivity (Wildman–Crippen MR) is 108 cm³/mol. The van der Waals surface area contributed by atoms with Gasteiger partial charge in [-0.2, -0.15) is 0 Å². The molecule has 4 atom stereocenters. The van der Waals surface area contributed by atoms with E-state index < -0.39 is 29.5 Å². The van der Waals surface area contributed by atoms with Gasteiger partial charge in [-0.15, -0.1) is 0 Å². The zero-order valence-corrected chi connectivity index (χ0v) is 17.0. The number of benzene rings is 1. The van der Waals surface area contributed by atoms with E-state index in [0.717, 1.165) is 11.1 Å². The Balaban J connectivity index is 1.44. The number of aliphatic hydroxyl groups is 2. The number of imidazole rings is 1. The zero-order valence-electron chi connectivity index (χ0n) is 17.0. The van der Waals surface area contributed by atoms with Crippen molar-refractivity contribution in [2.24, 2.45) is 0 Å². The Morgan fingerprint density at radius 2 is 2.03 bits per heavy atom.